The number of nitrogens with zero attached hydrogens (tertiary/aromatic N) is 1. The van der Waals surface area contributed by atoms with Crippen LogP contribution in [0.15, 0.2) is 0 Å². The highest BCUT2D eigenvalue weighted by atomic mass is 16.5. The molecule has 0 bridgehead atoms. The van der Waals surface area contributed by atoms with Gasteiger partial charge in [0, 0.05) is 19.1 Å². The predicted octanol–water partition coefficient (Wildman–Crippen LogP) is 0.395. The van der Waals surface area contributed by atoms with Gasteiger partial charge in [0.2, 0.25) is 0 Å². The zero-order valence-electron chi connectivity index (χ0n) is 8.90. The second kappa shape index (κ2) is 5.32. The molecule has 0 aliphatic carbocycles. The number of carbonyl (C=O) groups is 1. The second-order valence-corrected chi connectivity index (χ2v) is 3.90. The maximum absolute atomic E-state index is 11.0. The van der Waals surface area contributed by atoms with Crippen LogP contribution in [0.1, 0.15) is 26.2 Å². The Morgan fingerprint density at radius 3 is 2.64 bits per heavy atom. The summed E-state index contributed by atoms with van der Waals surface area (Å²) in [7, 11) is 1.41. The zero-order valence-corrected chi connectivity index (χ0v) is 8.90. The number of carbonyl (C=O) groups excluding carboxylic acids is 1. The van der Waals surface area contributed by atoms with Crippen LogP contribution in [-0.4, -0.2) is 48.3 Å². The molecule has 1 fully saturated rings. The minimum absolute atomic E-state index is 0.156. The van der Waals surface area contributed by atoms with Crippen LogP contribution >= 0.6 is 0 Å². The van der Waals surface area contributed by atoms with Crippen molar-refractivity contribution in [1.29, 1.82) is 0 Å². The molecular formula is C10H19NO3. The van der Waals surface area contributed by atoms with Gasteiger partial charge in [-0.1, -0.05) is 0 Å². The Kier molecular flexibility index (Phi) is 4.35. The molecule has 0 aromatic heterocycles. The molecule has 1 aliphatic rings. The first-order chi connectivity index (χ1) is 6.63. The molecule has 1 N–H and O–H groups in total. The van der Waals surface area contributed by atoms with Gasteiger partial charge < -0.3 is 9.84 Å². The number of hydrogen-bond acceptors (Lipinski definition) is 4. The summed E-state index contributed by atoms with van der Waals surface area (Å²) in [6, 6.07) is 0.218. The first kappa shape index (κ1) is 11.5. The standard InChI is InChI=1S/C10H19NO3/c1-8(7-10(13)14-2)11-5-3-9(12)4-6-11/h8-9,12H,3-7H2,1-2H3. The van der Waals surface area contributed by atoms with Crippen LogP contribution in [0.5, 0.6) is 0 Å². The largest absolute Gasteiger partial charge is 0.469 e. The summed E-state index contributed by atoms with van der Waals surface area (Å²) in [4.78, 5) is 13.3. The van der Waals surface area contributed by atoms with E-state index >= 15 is 0 Å². The highest BCUT2D eigenvalue weighted by molar-refractivity contribution is 5.69. The number of esters is 1. The van der Waals surface area contributed by atoms with Crippen molar-refractivity contribution in [3.05, 3.63) is 0 Å². The van der Waals surface area contributed by atoms with Gasteiger partial charge in [0.25, 0.3) is 0 Å². The number of aliphatic hydroxyl groups excluding tert-OH is 1. The van der Waals surface area contributed by atoms with Crippen LogP contribution in [0, 0.1) is 0 Å². The first-order valence-corrected chi connectivity index (χ1v) is 5.12. The van der Waals surface area contributed by atoms with Crippen molar-refractivity contribution >= 4 is 5.97 Å². The quantitative estimate of drug-likeness (QED) is 0.671. The molecule has 82 valence electrons. The molecule has 14 heavy (non-hydrogen) atoms. The average Bonchev–Trinajstić information content (AvgIpc) is 2.18. The topological polar surface area (TPSA) is 49.8 Å². The second-order valence-electron chi connectivity index (χ2n) is 3.90. The number of likely N-dealkylation sites (tertiary alicyclic amines) is 1. The number of piperidine rings is 1. The van der Waals surface area contributed by atoms with E-state index in [1.54, 1.807) is 0 Å². The van der Waals surface area contributed by atoms with Gasteiger partial charge in [0.15, 0.2) is 0 Å². The lowest BCUT2D eigenvalue weighted by atomic mass is 10.1. The molecule has 1 unspecified atom stereocenters. The third kappa shape index (κ3) is 3.27. The normalized spacial score (nSPS) is 21.9. The smallest absolute Gasteiger partial charge is 0.307 e. The van der Waals surface area contributed by atoms with E-state index in [4.69, 9.17) is 0 Å². The van der Waals surface area contributed by atoms with Gasteiger partial charge in [-0.05, 0) is 19.8 Å². The van der Waals surface area contributed by atoms with Gasteiger partial charge >= 0.3 is 5.97 Å². The lowest BCUT2D eigenvalue weighted by Crippen LogP contribution is -2.42. The molecule has 4 heteroatoms. The maximum Gasteiger partial charge on any atom is 0.307 e. The lowest BCUT2D eigenvalue weighted by molar-refractivity contribution is -0.142. The lowest BCUT2D eigenvalue weighted by Gasteiger charge is -2.33. The molecule has 1 heterocycles. The molecule has 0 aromatic carbocycles. The van der Waals surface area contributed by atoms with E-state index in [1.165, 1.54) is 7.11 Å². The fourth-order valence-electron chi connectivity index (χ4n) is 1.78. The Morgan fingerprint density at radius 1 is 1.57 bits per heavy atom. The number of rotatable bonds is 3. The summed E-state index contributed by atoms with van der Waals surface area (Å²) in [6.45, 7) is 3.77. The molecule has 1 atom stereocenters. The zero-order chi connectivity index (χ0) is 10.6. The number of methoxy groups -OCH3 is 1. The van der Waals surface area contributed by atoms with Gasteiger partial charge in [-0.3, -0.25) is 9.69 Å². The molecule has 0 spiro atoms. The van der Waals surface area contributed by atoms with Crippen molar-refractivity contribution in [3.8, 4) is 0 Å². The van der Waals surface area contributed by atoms with E-state index in [-0.39, 0.29) is 18.1 Å². The summed E-state index contributed by atoms with van der Waals surface area (Å²) < 4.78 is 4.62. The van der Waals surface area contributed by atoms with E-state index in [1.807, 2.05) is 6.92 Å². The van der Waals surface area contributed by atoms with Crippen molar-refractivity contribution in [2.75, 3.05) is 20.2 Å². The molecule has 1 rings (SSSR count). The molecule has 4 nitrogen and oxygen atoms in total. The van der Waals surface area contributed by atoms with E-state index in [0.29, 0.717) is 6.42 Å². The molecular weight excluding hydrogens is 182 g/mol. The van der Waals surface area contributed by atoms with Crippen LogP contribution in [0.25, 0.3) is 0 Å². The fourth-order valence-corrected chi connectivity index (χ4v) is 1.78. The summed E-state index contributed by atoms with van der Waals surface area (Å²) in [6.07, 6.45) is 1.90. The van der Waals surface area contributed by atoms with E-state index < -0.39 is 0 Å². The molecule has 0 radical (unpaired) electrons. The minimum Gasteiger partial charge on any atom is -0.469 e. The van der Waals surface area contributed by atoms with Crippen LogP contribution in [-0.2, 0) is 9.53 Å². The third-order valence-corrected chi connectivity index (χ3v) is 2.81. The Labute approximate surface area is 84.8 Å². The third-order valence-electron chi connectivity index (χ3n) is 2.81. The van der Waals surface area contributed by atoms with Crippen LogP contribution in [0.3, 0.4) is 0 Å². The predicted molar refractivity (Wildman–Crippen MR) is 52.9 cm³/mol. The fraction of sp³-hybridized carbons (Fsp3) is 0.900. The van der Waals surface area contributed by atoms with Crippen molar-refractivity contribution in [2.24, 2.45) is 0 Å². The van der Waals surface area contributed by atoms with E-state index in [2.05, 4.69) is 9.64 Å². The Balaban J connectivity index is 2.30. The number of aliphatic hydroxyl groups is 1. The van der Waals surface area contributed by atoms with Gasteiger partial charge in [-0.25, -0.2) is 0 Å². The minimum atomic E-state index is -0.163. The molecule has 0 amide bonds. The average molecular weight is 201 g/mol. The van der Waals surface area contributed by atoms with Crippen LogP contribution in [0.4, 0.5) is 0 Å². The number of ether oxygens (including phenoxy) is 1. The van der Waals surface area contributed by atoms with E-state index in [9.17, 15) is 9.90 Å². The number of hydrogen-bond donors (Lipinski definition) is 1. The summed E-state index contributed by atoms with van der Waals surface area (Å²) in [5.74, 6) is -0.163. The summed E-state index contributed by atoms with van der Waals surface area (Å²) in [5.41, 5.74) is 0. The Morgan fingerprint density at radius 2 is 2.14 bits per heavy atom. The van der Waals surface area contributed by atoms with Gasteiger partial charge in [0.1, 0.15) is 0 Å². The molecule has 0 aromatic rings. The van der Waals surface area contributed by atoms with E-state index in [0.717, 1.165) is 25.9 Å². The molecule has 0 saturated carbocycles. The SMILES string of the molecule is COC(=O)CC(C)N1CCC(O)CC1. The Hall–Kier alpha value is -0.610. The van der Waals surface area contributed by atoms with Gasteiger partial charge in [0.05, 0.1) is 19.6 Å². The van der Waals surface area contributed by atoms with Gasteiger partial charge in [-0.2, -0.15) is 0 Å². The van der Waals surface area contributed by atoms with Crippen molar-refractivity contribution < 1.29 is 14.6 Å². The first-order valence-electron chi connectivity index (χ1n) is 5.12. The molecule has 1 aliphatic heterocycles. The maximum atomic E-state index is 11.0. The van der Waals surface area contributed by atoms with Crippen molar-refractivity contribution in [2.45, 2.75) is 38.3 Å². The van der Waals surface area contributed by atoms with Crippen LogP contribution in [0.2, 0.25) is 0 Å². The van der Waals surface area contributed by atoms with Gasteiger partial charge in [-0.15, -0.1) is 0 Å². The Bertz CT molecular complexity index is 188. The summed E-state index contributed by atoms with van der Waals surface area (Å²) >= 11 is 0. The highest BCUT2D eigenvalue weighted by Gasteiger charge is 2.22. The summed E-state index contributed by atoms with van der Waals surface area (Å²) in [5, 5.41) is 9.32. The van der Waals surface area contributed by atoms with Crippen molar-refractivity contribution in [3.63, 3.8) is 0 Å². The molecule has 1 saturated heterocycles. The van der Waals surface area contributed by atoms with Crippen LogP contribution < -0.4 is 0 Å². The van der Waals surface area contributed by atoms with Crippen molar-refractivity contribution in [1.82, 2.24) is 4.90 Å². The highest BCUT2D eigenvalue weighted by Crippen LogP contribution is 2.14. The monoisotopic (exact) mass is 201 g/mol.